The van der Waals surface area contributed by atoms with E-state index in [4.69, 9.17) is 9.47 Å². The number of carbonyl (C=O) groups excluding carboxylic acids is 3. The summed E-state index contributed by atoms with van der Waals surface area (Å²) >= 11 is 0. The minimum atomic E-state index is -0.824. The Bertz CT molecular complexity index is 759. The normalized spacial score (nSPS) is 20.9. The monoisotopic (exact) mass is 417 g/mol. The predicted molar refractivity (Wildman–Crippen MR) is 111 cm³/mol. The van der Waals surface area contributed by atoms with Crippen LogP contribution in [-0.2, 0) is 14.3 Å². The number of nitrogens with one attached hydrogen (secondary N) is 2. The van der Waals surface area contributed by atoms with E-state index < -0.39 is 5.54 Å². The van der Waals surface area contributed by atoms with Crippen molar-refractivity contribution in [3.8, 4) is 5.75 Å². The van der Waals surface area contributed by atoms with Crippen molar-refractivity contribution in [2.75, 3.05) is 33.4 Å². The van der Waals surface area contributed by atoms with Crippen LogP contribution < -0.4 is 15.4 Å². The van der Waals surface area contributed by atoms with Crippen LogP contribution in [0.5, 0.6) is 5.75 Å². The number of nitrogens with zero attached hydrogens (tertiary/aromatic N) is 1. The van der Waals surface area contributed by atoms with Crippen molar-refractivity contribution in [3.05, 3.63) is 29.8 Å². The molecule has 1 aliphatic heterocycles. The molecule has 1 saturated heterocycles. The first-order chi connectivity index (χ1) is 14.4. The van der Waals surface area contributed by atoms with Crippen molar-refractivity contribution in [1.29, 1.82) is 0 Å². The Morgan fingerprint density at radius 2 is 1.87 bits per heavy atom. The van der Waals surface area contributed by atoms with E-state index in [0.29, 0.717) is 50.4 Å². The Labute approximate surface area is 177 Å². The molecule has 8 nitrogen and oxygen atoms in total. The van der Waals surface area contributed by atoms with Crippen molar-refractivity contribution in [2.24, 2.45) is 0 Å². The first-order valence-electron chi connectivity index (χ1n) is 10.6. The molecule has 30 heavy (non-hydrogen) atoms. The Kier molecular flexibility index (Phi) is 7.31. The Balaban J connectivity index is 1.59. The molecule has 1 saturated carbocycles. The van der Waals surface area contributed by atoms with Crippen LogP contribution in [0.15, 0.2) is 24.3 Å². The van der Waals surface area contributed by atoms with Crippen LogP contribution in [0.3, 0.4) is 0 Å². The maximum absolute atomic E-state index is 12.9. The molecule has 164 valence electrons. The largest absolute Gasteiger partial charge is 0.497 e. The van der Waals surface area contributed by atoms with Gasteiger partial charge in [-0.05, 0) is 43.5 Å². The fourth-order valence-corrected chi connectivity index (χ4v) is 4.22. The second-order valence-corrected chi connectivity index (χ2v) is 8.01. The molecule has 0 aromatic heterocycles. The van der Waals surface area contributed by atoms with Gasteiger partial charge < -0.3 is 25.0 Å². The summed E-state index contributed by atoms with van der Waals surface area (Å²) in [6.45, 7) is 3.27. The molecule has 3 rings (SSSR count). The van der Waals surface area contributed by atoms with Crippen LogP contribution in [0.25, 0.3) is 0 Å². The van der Waals surface area contributed by atoms with Gasteiger partial charge >= 0.3 is 0 Å². The van der Waals surface area contributed by atoms with Gasteiger partial charge in [0, 0.05) is 38.7 Å². The average Bonchev–Trinajstić information content (AvgIpc) is 3.08. The van der Waals surface area contributed by atoms with Gasteiger partial charge in [0.05, 0.1) is 13.2 Å². The van der Waals surface area contributed by atoms with Gasteiger partial charge in [-0.15, -0.1) is 0 Å². The third-order valence-corrected chi connectivity index (χ3v) is 5.77. The smallest absolute Gasteiger partial charge is 0.253 e. The Morgan fingerprint density at radius 1 is 1.17 bits per heavy atom. The molecule has 1 aliphatic carbocycles. The molecule has 2 aliphatic rings. The molecule has 0 spiro atoms. The second-order valence-electron chi connectivity index (χ2n) is 8.01. The average molecular weight is 418 g/mol. The van der Waals surface area contributed by atoms with Crippen LogP contribution >= 0.6 is 0 Å². The van der Waals surface area contributed by atoms with Gasteiger partial charge in [0.2, 0.25) is 11.8 Å². The number of amides is 3. The summed E-state index contributed by atoms with van der Waals surface area (Å²) in [5, 5.41) is 5.80. The molecule has 1 heterocycles. The first-order valence-corrected chi connectivity index (χ1v) is 10.6. The molecule has 8 heteroatoms. The van der Waals surface area contributed by atoms with Crippen molar-refractivity contribution < 1.29 is 23.9 Å². The number of carbonyl (C=O) groups is 3. The van der Waals surface area contributed by atoms with Crippen LogP contribution in [-0.4, -0.2) is 67.6 Å². The maximum Gasteiger partial charge on any atom is 0.253 e. The third-order valence-electron chi connectivity index (χ3n) is 5.77. The topological polar surface area (TPSA) is 97.0 Å². The zero-order valence-corrected chi connectivity index (χ0v) is 17.7. The highest BCUT2D eigenvalue weighted by atomic mass is 16.5. The van der Waals surface area contributed by atoms with Gasteiger partial charge in [0.1, 0.15) is 11.3 Å². The molecule has 1 aromatic rings. The summed E-state index contributed by atoms with van der Waals surface area (Å²) in [5.74, 6) is 0.265. The van der Waals surface area contributed by atoms with Crippen LogP contribution in [0, 0.1) is 0 Å². The zero-order chi connectivity index (χ0) is 21.6. The van der Waals surface area contributed by atoms with Crippen molar-refractivity contribution >= 4 is 17.7 Å². The summed E-state index contributed by atoms with van der Waals surface area (Å²) in [7, 11) is 1.59. The minimum Gasteiger partial charge on any atom is -0.497 e. The highest BCUT2D eigenvalue weighted by Crippen LogP contribution is 2.30. The molecule has 2 fully saturated rings. The van der Waals surface area contributed by atoms with Crippen molar-refractivity contribution in [3.63, 3.8) is 0 Å². The van der Waals surface area contributed by atoms with Gasteiger partial charge in [0.25, 0.3) is 5.91 Å². The van der Waals surface area contributed by atoms with E-state index in [0.717, 1.165) is 19.3 Å². The Hall–Kier alpha value is -2.61. The van der Waals surface area contributed by atoms with Crippen molar-refractivity contribution in [1.82, 2.24) is 15.5 Å². The molecule has 0 radical (unpaired) electrons. The molecular formula is C22H31N3O5. The fraction of sp³-hybridized carbons (Fsp3) is 0.591. The highest BCUT2D eigenvalue weighted by molar-refractivity contribution is 5.94. The number of benzene rings is 1. The fourth-order valence-electron chi connectivity index (χ4n) is 4.22. The van der Waals surface area contributed by atoms with Gasteiger partial charge in [-0.3, -0.25) is 14.4 Å². The van der Waals surface area contributed by atoms with Crippen LogP contribution in [0.2, 0.25) is 0 Å². The number of hydrogen-bond acceptors (Lipinski definition) is 5. The third kappa shape index (κ3) is 5.30. The lowest BCUT2D eigenvalue weighted by Gasteiger charge is -2.30. The van der Waals surface area contributed by atoms with E-state index in [9.17, 15) is 14.4 Å². The second kappa shape index (κ2) is 9.93. The van der Waals surface area contributed by atoms with E-state index in [1.54, 1.807) is 36.3 Å². The summed E-state index contributed by atoms with van der Waals surface area (Å²) in [4.78, 5) is 39.1. The lowest BCUT2D eigenvalue weighted by Crippen LogP contribution is -2.58. The molecule has 2 N–H and O–H groups in total. The van der Waals surface area contributed by atoms with Crippen LogP contribution in [0.4, 0.5) is 0 Å². The lowest BCUT2D eigenvalue weighted by molar-refractivity contribution is -0.133. The minimum absolute atomic E-state index is 0.0648. The maximum atomic E-state index is 12.9. The Morgan fingerprint density at radius 3 is 2.50 bits per heavy atom. The lowest BCUT2D eigenvalue weighted by atomic mass is 9.96. The molecule has 1 aromatic carbocycles. The summed E-state index contributed by atoms with van der Waals surface area (Å²) in [6.07, 6.45) is 3.56. The number of hydrogen-bond donors (Lipinski definition) is 2. The molecule has 0 bridgehead atoms. The van der Waals surface area contributed by atoms with E-state index in [2.05, 4.69) is 10.6 Å². The predicted octanol–water partition coefficient (Wildman–Crippen LogP) is 1.49. The molecule has 3 amide bonds. The summed E-state index contributed by atoms with van der Waals surface area (Å²) in [6, 6.07) is 7.03. The SMILES string of the molecule is COc1ccc(C(=O)N2CCCOC(CNC(=O)C3(NC(C)=O)CCCC3)C2)cc1. The zero-order valence-electron chi connectivity index (χ0n) is 17.7. The van der Waals surface area contributed by atoms with Crippen molar-refractivity contribution in [2.45, 2.75) is 50.7 Å². The van der Waals surface area contributed by atoms with E-state index in [1.165, 1.54) is 6.92 Å². The quantitative estimate of drug-likeness (QED) is 0.731. The van der Waals surface area contributed by atoms with Gasteiger partial charge in [-0.25, -0.2) is 0 Å². The first kappa shape index (κ1) is 22.1. The van der Waals surface area contributed by atoms with E-state index in [-0.39, 0.29) is 23.8 Å². The number of rotatable bonds is 6. The molecule has 1 atom stereocenters. The molecule has 1 unspecified atom stereocenters. The van der Waals surface area contributed by atoms with Gasteiger partial charge in [-0.1, -0.05) is 12.8 Å². The summed E-state index contributed by atoms with van der Waals surface area (Å²) in [5.41, 5.74) is -0.231. The highest BCUT2D eigenvalue weighted by Gasteiger charge is 2.42. The van der Waals surface area contributed by atoms with Crippen LogP contribution in [0.1, 0.15) is 49.4 Å². The molecular weight excluding hydrogens is 386 g/mol. The standard InChI is InChI=1S/C22H31N3O5/c1-16(26)24-22(10-3-4-11-22)21(28)23-14-19-15-25(12-5-13-30-19)20(27)17-6-8-18(29-2)9-7-17/h6-9,19H,3-5,10-15H2,1-2H3,(H,23,28)(H,24,26). The van der Waals surface area contributed by atoms with E-state index >= 15 is 0 Å². The number of ether oxygens (including phenoxy) is 2. The van der Waals surface area contributed by atoms with E-state index in [1.807, 2.05) is 0 Å². The van der Waals surface area contributed by atoms with Gasteiger partial charge in [0.15, 0.2) is 0 Å². The number of methoxy groups -OCH3 is 1. The summed E-state index contributed by atoms with van der Waals surface area (Å²) < 4.78 is 11.0. The van der Waals surface area contributed by atoms with Gasteiger partial charge in [-0.2, -0.15) is 0 Å².